The van der Waals surface area contributed by atoms with E-state index in [1.165, 1.54) is 6.08 Å². The maximum Gasteiger partial charge on any atom is 0.328 e. The summed E-state index contributed by atoms with van der Waals surface area (Å²) in [5.41, 5.74) is 0. The molecule has 0 fully saturated rings. The van der Waals surface area contributed by atoms with Crippen molar-refractivity contribution in [2.24, 2.45) is 0 Å². The summed E-state index contributed by atoms with van der Waals surface area (Å²) >= 11 is 0. The fraction of sp³-hybridized carbons (Fsp3) is 0.571. The quantitative estimate of drug-likeness (QED) is 0.533. The Morgan fingerprint density at radius 1 is 1.64 bits per heavy atom. The molecule has 0 aromatic rings. The highest BCUT2D eigenvalue weighted by Crippen LogP contribution is 1.82. The van der Waals surface area contributed by atoms with Crippen LogP contribution in [0.15, 0.2) is 12.2 Å². The topological polar surface area (TPSA) is 60.8 Å². The molecule has 0 aliphatic carbocycles. The summed E-state index contributed by atoms with van der Waals surface area (Å²) in [6, 6.07) is 0. The first kappa shape index (κ1) is 10.1. The highest BCUT2D eigenvalue weighted by atomic mass is 16.4. The van der Waals surface area contributed by atoms with E-state index in [2.05, 4.69) is 0 Å². The Hall–Kier alpha value is -0.870. The Morgan fingerprint density at radius 3 is 2.73 bits per heavy atom. The monoisotopic (exact) mass is 159 g/mol. The average Bonchev–Trinajstić information content (AvgIpc) is 1.87. The summed E-state index contributed by atoms with van der Waals surface area (Å²) < 4.78 is 0. The molecule has 0 atom stereocenters. The number of hydrogen-bond acceptors (Lipinski definition) is 3. The van der Waals surface area contributed by atoms with Crippen LogP contribution in [0.2, 0.25) is 0 Å². The van der Waals surface area contributed by atoms with E-state index in [0.29, 0.717) is 13.1 Å². The second-order valence-electron chi connectivity index (χ2n) is 2.23. The maximum absolute atomic E-state index is 9.98. The second-order valence-corrected chi connectivity index (χ2v) is 2.23. The first-order valence-corrected chi connectivity index (χ1v) is 3.35. The van der Waals surface area contributed by atoms with Crippen LogP contribution in [0.1, 0.15) is 0 Å². The van der Waals surface area contributed by atoms with Gasteiger partial charge in [0.1, 0.15) is 0 Å². The predicted molar refractivity (Wildman–Crippen MR) is 41.4 cm³/mol. The number of aliphatic hydroxyl groups excluding tert-OH is 1. The van der Waals surface area contributed by atoms with Crippen molar-refractivity contribution in [2.75, 3.05) is 26.7 Å². The molecule has 2 N–H and O–H groups in total. The van der Waals surface area contributed by atoms with Crippen LogP contribution in [0.25, 0.3) is 0 Å². The van der Waals surface area contributed by atoms with E-state index in [9.17, 15) is 4.79 Å². The van der Waals surface area contributed by atoms with Gasteiger partial charge in [-0.1, -0.05) is 6.08 Å². The van der Waals surface area contributed by atoms with E-state index in [1.807, 2.05) is 11.9 Å². The Morgan fingerprint density at radius 2 is 2.27 bits per heavy atom. The fourth-order valence-corrected chi connectivity index (χ4v) is 0.595. The molecule has 0 aliphatic heterocycles. The zero-order valence-electron chi connectivity index (χ0n) is 6.53. The van der Waals surface area contributed by atoms with E-state index in [4.69, 9.17) is 10.2 Å². The number of carbonyl (C=O) groups is 1. The predicted octanol–water partition coefficient (Wildman–Crippen LogP) is -0.449. The summed E-state index contributed by atoms with van der Waals surface area (Å²) in [5.74, 6) is -0.942. The molecule has 0 aliphatic rings. The summed E-state index contributed by atoms with van der Waals surface area (Å²) in [6.07, 6.45) is 2.63. The molecule has 0 bridgehead atoms. The molecule has 0 heterocycles. The van der Waals surface area contributed by atoms with Crippen LogP contribution in [0.3, 0.4) is 0 Å². The zero-order chi connectivity index (χ0) is 8.69. The van der Waals surface area contributed by atoms with Crippen molar-refractivity contribution in [3.8, 4) is 0 Å². The summed E-state index contributed by atoms with van der Waals surface area (Å²) in [4.78, 5) is 11.8. The minimum atomic E-state index is -0.942. The van der Waals surface area contributed by atoms with Crippen LogP contribution >= 0.6 is 0 Å². The Kier molecular flexibility index (Phi) is 5.42. The van der Waals surface area contributed by atoms with Gasteiger partial charge < -0.3 is 15.1 Å². The van der Waals surface area contributed by atoms with E-state index in [1.54, 1.807) is 0 Å². The van der Waals surface area contributed by atoms with E-state index < -0.39 is 5.97 Å². The van der Waals surface area contributed by atoms with Crippen LogP contribution < -0.4 is 0 Å². The molecule has 0 spiro atoms. The van der Waals surface area contributed by atoms with Gasteiger partial charge in [-0.2, -0.15) is 0 Å². The normalized spacial score (nSPS) is 11.2. The van der Waals surface area contributed by atoms with E-state index in [-0.39, 0.29) is 6.61 Å². The van der Waals surface area contributed by atoms with Gasteiger partial charge >= 0.3 is 5.97 Å². The van der Waals surface area contributed by atoms with Gasteiger partial charge in [0, 0.05) is 19.2 Å². The van der Waals surface area contributed by atoms with Gasteiger partial charge in [-0.3, -0.25) is 0 Å². The van der Waals surface area contributed by atoms with Crippen LogP contribution in [-0.2, 0) is 4.79 Å². The molecule has 0 radical (unpaired) electrons. The Balaban J connectivity index is 3.44. The third kappa shape index (κ3) is 7.02. The van der Waals surface area contributed by atoms with Crippen molar-refractivity contribution in [1.29, 1.82) is 0 Å². The van der Waals surface area contributed by atoms with Crippen molar-refractivity contribution in [3.63, 3.8) is 0 Å². The number of aliphatic hydroxyl groups is 1. The largest absolute Gasteiger partial charge is 0.478 e. The maximum atomic E-state index is 9.98. The standard InChI is InChI=1S/C7H13NO3/c1-8(5-6-9)4-2-3-7(10)11/h2-3,9H,4-6H2,1H3,(H,10,11). The van der Waals surface area contributed by atoms with Gasteiger partial charge in [-0.15, -0.1) is 0 Å². The molecule has 0 aromatic heterocycles. The minimum Gasteiger partial charge on any atom is -0.478 e. The second kappa shape index (κ2) is 5.88. The molecule has 4 nitrogen and oxygen atoms in total. The SMILES string of the molecule is CN(CC=CC(=O)O)CCO. The molecule has 0 saturated carbocycles. The minimum absolute atomic E-state index is 0.0947. The van der Waals surface area contributed by atoms with Crippen LogP contribution in [0.5, 0.6) is 0 Å². The first-order chi connectivity index (χ1) is 5.16. The first-order valence-electron chi connectivity index (χ1n) is 3.35. The number of likely N-dealkylation sites (N-methyl/N-ethyl adjacent to an activating group) is 1. The number of carboxylic acid groups (broad SMARTS) is 1. The lowest BCUT2D eigenvalue weighted by atomic mass is 10.4. The summed E-state index contributed by atoms with van der Waals surface area (Å²) in [7, 11) is 1.81. The summed E-state index contributed by atoms with van der Waals surface area (Å²) in [6.45, 7) is 1.20. The molecule has 11 heavy (non-hydrogen) atoms. The van der Waals surface area contributed by atoms with Crippen LogP contribution in [-0.4, -0.2) is 47.8 Å². The van der Waals surface area contributed by atoms with Crippen molar-refractivity contribution >= 4 is 5.97 Å². The third-order valence-electron chi connectivity index (χ3n) is 1.16. The van der Waals surface area contributed by atoms with Gasteiger partial charge in [0.05, 0.1) is 6.61 Å². The number of hydrogen-bond donors (Lipinski definition) is 2. The molecule has 0 aromatic carbocycles. The van der Waals surface area contributed by atoms with Gasteiger partial charge in [-0.25, -0.2) is 4.79 Å². The Labute approximate surface area is 65.7 Å². The summed E-state index contributed by atoms with van der Waals surface area (Å²) in [5, 5.41) is 16.7. The number of aliphatic carboxylic acids is 1. The Bertz CT molecular complexity index is 145. The third-order valence-corrected chi connectivity index (χ3v) is 1.16. The van der Waals surface area contributed by atoms with Crippen LogP contribution in [0.4, 0.5) is 0 Å². The van der Waals surface area contributed by atoms with Gasteiger partial charge in [-0.05, 0) is 7.05 Å². The van der Waals surface area contributed by atoms with E-state index in [0.717, 1.165) is 6.08 Å². The molecule has 64 valence electrons. The van der Waals surface area contributed by atoms with Crippen molar-refractivity contribution in [3.05, 3.63) is 12.2 Å². The van der Waals surface area contributed by atoms with Crippen molar-refractivity contribution in [1.82, 2.24) is 4.90 Å². The average molecular weight is 159 g/mol. The van der Waals surface area contributed by atoms with Gasteiger partial charge in [0.15, 0.2) is 0 Å². The van der Waals surface area contributed by atoms with Crippen LogP contribution in [0, 0.1) is 0 Å². The van der Waals surface area contributed by atoms with Gasteiger partial charge in [0.25, 0.3) is 0 Å². The lowest BCUT2D eigenvalue weighted by Gasteiger charge is -2.10. The van der Waals surface area contributed by atoms with Crippen molar-refractivity contribution in [2.45, 2.75) is 0 Å². The number of carboxylic acids is 1. The highest BCUT2D eigenvalue weighted by molar-refractivity contribution is 5.79. The zero-order valence-corrected chi connectivity index (χ0v) is 6.53. The molecular weight excluding hydrogens is 146 g/mol. The molecule has 0 rings (SSSR count). The smallest absolute Gasteiger partial charge is 0.328 e. The molecular formula is C7H13NO3. The lowest BCUT2D eigenvalue weighted by molar-refractivity contribution is -0.131. The van der Waals surface area contributed by atoms with E-state index >= 15 is 0 Å². The lowest BCUT2D eigenvalue weighted by Crippen LogP contribution is -2.22. The number of nitrogens with zero attached hydrogens (tertiary/aromatic N) is 1. The molecule has 4 heteroatoms. The number of rotatable bonds is 5. The fourth-order valence-electron chi connectivity index (χ4n) is 0.595. The molecule has 0 unspecified atom stereocenters. The highest BCUT2D eigenvalue weighted by Gasteiger charge is 1.92. The molecule has 0 saturated heterocycles. The molecule has 0 amide bonds. The van der Waals surface area contributed by atoms with Crippen molar-refractivity contribution < 1.29 is 15.0 Å². The van der Waals surface area contributed by atoms with Gasteiger partial charge in [0.2, 0.25) is 0 Å².